The SMILES string of the molecule is COC(=O)[C@@](C)(/C=C\CCC#N)NC(=O)OC(C)(C)C. The summed E-state index contributed by atoms with van der Waals surface area (Å²) in [4.78, 5) is 23.5. The van der Waals surface area contributed by atoms with E-state index in [1.807, 2.05) is 6.07 Å². The van der Waals surface area contributed by atoms with Gasteiger partial charge in [0.25, 0.3) is 0 Å². The number of hydrogen-bond donors (Lipinski definition) is 1. The summed E-state index contributed by atoms with van der Waals surface area (Å²) in [7, 11) is 1.24. The number of carbonyl (C=O) groups is 2. The molecule has 0 aromatic carbocycles. The minimum absolute atomic E-state index is 0.334. The van der Waals surface area contributed by atoms with E-state index in [0.717, 1.165) is 0 Å². The third-order valence-electron chi connectivity index (χ3n) is 2.24. The summed E-state index contributed by atoms with van der Waals surface area (Å²) in [5.74, 6) is -0.614. The lowest BCUT2D eigenvalue weighted by Crippen LogP contribution is -2.52. The Morgan fingerprint density at radius 1 is 1.30 bits per heavy atom. The number of carbonyl (C=O) groups excluding carboxylic acids is 2. The molecule has 0 radical (unpaired) electrons. The molecule has 0 saturated carbocycles. The highest BCUT2D eigenvalue weighted by atomic mass is 16.6. The van der Waals surface area contributed by atoms with Crippen LogP contribution in [0.3, 0.4) is 0 Å². The molecule has 0 rings (SSSR count). The Hall–Kier alpha value is -2.03. The number of nitriles is 1. The first kappa shape index (κ1) is 18.0. The number of rotatable bonds is 5. The Morgan fingerprint density at radius 2 is 1.90 bits per heavy atom. The molecule has 0 saturated heterocycles. The molecule has 0 aliphatic rings. The molecule has 0 spiro atoms. The number of nitrogens with one attached hydrogen (secondary N) is 1. The molecule has 0 fully saturated rings. The van der Waals surface area contributed by atoms with Crippen LogP contribution >= 0.6 is 0 Å². The van der Waals surface area contributed by atoms with Gasteiger partial charge in [-0.3, -0.25) is 0 Å². The van der Waals surface area contributed by atoms with Crippen LogP contribution in [0.4, 0.5) is 4.79 Å². The maximum absolute atomic E-state index is 11.8. The molecule has 0 aliphatic heterocycles. The predicted octanol–water partition coefficient (Wildman–Crippen LogP) is 2.30. The Morgan fingerprint density at radius 3 is 2.35 bits per heavy atom. The Bertz CT molecular complexity index is 418. The molecule has 1 atom stereocenters. The van der Waals surface area contributed by atoms with Crippen molar-refractivity contribution in [2.75, 3.05) is 7.11 Å². The Balaban J connectivity index is 4.88. The second-order valence-corrected chi connectivity index (χ2v) is 5.42. The van der Waals surface area contributed by atoms with Crippen molar-refractivity contribution in [3.8, 4) is 6.07 Å². The first-order chi connectivity index (χ1) is 9.14. The van der Waals surface area contributed by atoms with E-state index in [4.69, 9.17) is 10.00 Å². The summed E-state index contributed by atoms with van der Waals surface area (Å²) < 4.78 is 9.79. The monoisotopic (exact) mass is 282 g/mol. The summed E-state index contributed by atoms with van der Waals surface area (Å²) in [6.45, 7) is 6.69. The predicted molar refractivity (Wildman–Crippen MR) is 73.8 cm³/mol. The van der Waals surface area contributed by atoms with Crippen LogP contribution in [0.2, 0.25) is 0 Å². The number of unbranched alkanes of at least 4 members (excludes halogenated alkanes) is 1. The zero-order chi connectivity index (χ0) is 15.8. The van der Waals surface area contributed by atoms with Crippen LogP contribution in [0.25, 0.3) is 0 Å². The quantitative estimate of drug-likeness (QED) is 0.475. The second-order valence-electron chi connectivity index (χ2n) is 5.42. The number of hydrogen-bond acceptors (Lipinski definition) is 5. The van der Waals surface area contributed by atoms with Crippen molar-refractivity contribution in [3.05, 3.63) is 12.2 Å². The molecule has 1 amide bonds. The Kier molecular flexibility index (Phi) is 6.77. The maximum Gasteiger partial charge on any atom is 0.408 e. The van der Waals surface area contributed by atoms with Gasteiger partial charge < -0.3 is 14.8 Å². The van der Waals surface area contributed by atoms with Crippen molar-refractivity contribution in [2.45, 2.75) is 51.7 Å². The minimum Gasteiger partial charge on any atom is -0.467 e. The third-order valence-corrected chi connectivity index (χ3v) is 2.24. The van der Waals surface area contributed by atoms with Gasteiger partial charge in [0.2, 0.25) is 0 Å². The summed E-state index contributed by atoms with van der Waals surface area (Å²) in [5, 5.41) is 10.9. The number of allylic oxidation sites excluding steroid dienone is 1. The highest BCUT2D eigenvalue weighted by Crippen LogP contribution is 2.13. The van der Waals surface area contributed by atoms with Crippen LogP contribution < -0.4 is 5.32 Å². The van der Waals surface area contributed by atoms with Crippen molar-refractivity contribution in [2.24, 2.45) is 0 Å². The largest absolute Gasteiger partial charge is 0.467 e. The zero-order valence-corrected chi connectivity index (χ0v) is 12.6. The molecule has 6 nitrogen and oxygen atoms in total. The van der Waals surface area contributed by atoms with E-state index in [2.05, 4.69) is 10.1 Å². The van der Waals surface area contributed by atoms with E-state index in [0.29, 0.717) is 12.8 Å². The maximum atomic E-state index is 11.8. The number of esters is 1. The van der Waals surface area contributed by atoms with Gasteiger partial charge >= 0.3 is 12.1 Å². The van der Waals surface area contributed by atoms with Crippen LogP contribution in [0.15, 0.2) is 12.2 Å². The fourth-order valence-corrected chi connectivity index (χ4v) is 1.36. The summed E-state index contributed by atoms with van der Waals surface area (Å²) >= 11 is 0. The molecular formula is C14H22N2O4. The molecule has 0 heterocycles. The lowest BCUT2D eigenvalue weighted by atomic mass is 10.0. The number of alkyl carbamates (subject to hydrolysis) is 1. The summed E-state index contributed by atoms with van der Waals surface area (Å²) in [5.41, 5.74) is -1.99. The van der Waals surface area contributed by atoms with E-state index < -0.39 is 23.2 Å². The number of methoxy groups -OCH3 is 1. The number of nitrogens with zero attached hydrogens (tertiary/aromatic N) is 1. The van der Waals surface area contributed by atoms with Crippen LogP contribution in [0.1, 0.15) is 40.5 Å². The normalized spacial score (nSPS) is 14.2. The van der Waals surface area contributed by atoms with Crippen molar-refractivity contribution >= 4 is 12.1 Å². The molecular weight excluding hydrogens is 260 g/mol. The number of amides is 1. The molecule has 0 aromatic heterocycles. The molecule has 1 N–H and O–H groups in total. The van der Waals surface area contributed by atoms with Crippen LogP contribution in [-0.2, 0) is 14.3 Å². The van der Waals surface area contributed by atoms with Gasteiger partial charge in [-0.15, -0.1) is 0 Å². The average Bonchev–Trinajstić information content (AvgIpc) is 2.31. The van der Waals surface area contributed by atoms with Crippen molar-refractivity contribution in [1.29, 1.82) is 5.26 Å². The van der Waals surface area contributed by atoms with Crippen molar-refractivity contribution in [3.63, 3.8) is 0 Å². The van der Waals surface area contributed by atoms with Gasteiger partial charge in [0, 0.05) is 6.42 Å². The van der Waals surface area contributed by atoms with Crippen LogP contribution in [0.5, 0.6) is 0 Å². The van der Waals surface area contributed by atoms with Gasteiger partial charge in [-0.05, 0) is 34.1 Å². The van der Waals surface area contributed by atoms with Crippen LogP contribution in [0, 0.1) is 11.3 Å². The van der Waals surface area contributed by atoms with Gasteiger partial charge in [-0.1, -0.05) is 12.2 Å². The second kappa shape index (κ2) is 7.53. The van der Waals surface area contributed by atoms with Gasteiger partial charge in [-0.2, -0.15) is 5.26 Å². The molecule has 0 aliphatic carbocycles. The van der Waals surface area contributed by atoms with E-state index in [-0.39, 0.29) is 0 Å². The Labute approximate surface area is 119 Å². The molecule has 20 heavy (non-hydrogen) atoms. The fraction of sp³-hybridized carbons (Fsp3) is 0.643. The van der Waals surface area contributed by atoms with Gasteiger partial charge in [-0.25, -0.2) is 9.59 Å². The minimum atomic E-state index is -1.33. The molecule has 112 valence electrons. The highest BCUT2D eigenvalue weighted by Gasteiger charge is 2.34. The molecule has 0 aromatic rings. The summed E-state index contributed by atoms with van der Waals surface area (Å²) in [6.07, 6.45) is 3.26. The van der Waals surface area contributed by atoms with E-state index in [1.54, 1.807) is 26.8 Å². The first-order valence-electron chi connectivity index (χ1n) is 6.29. The lowest BCUT2D eigenvalue weighted by molar-refractivity contribution is -0.145. The molecule has 0 bridgehead atoms. The van der Waals surface area contributed by atoms with E-state index in [1.165, 1.54) is 20.1 Å². The zero-order valence-electron chi connectivity index (χ0n) is 12.6. The standard InChI is InChI=1S/C14H22N2O4/c1-13(2,3)20-12(18)16-14(4,11(17)19-5)9-7-6-8-10-15/h7,9H,6,8H2,1-5H3,(H,16,18)/b9-7-/t14-/m1/s1. The van der Waals surface area contributed by atoms with Crippen molar-refractivity contribution in [1.82, 2.24) is 5.32 Å². The van der Waals surface area contributed by atoms with E-state index >= 15 is 0 Å². The first-order valence-corrected chi connectivity index (χ1v) is 6.29. The van der Waals surface area contributed by atoms with Crippen molar-refractivity contribution < 1.29 is 19.1 Å². The van der Waals surface area contributed by atoms with Gasteiger partial charge in [0.15, 0.2) is 5.54 Å². The van der Waals surface area contributed by atoms with Crippen LogP contribution in [-0.4, -0.2) is 30.3 Å². The topological polar surface area (TPSA) is 88.4 Å². The number of ether oxygens (including phenoxy) is 2. The van der Waals surface area contributed by atoms with Gasteiger partial charge in [0.05, 0.1) is 13.2 Å². The summed E-state index contributed by atoms with van der Waals surface area (Å²) in [6, 6.07) is 1.99. The smallest absolute Gasteiger partial charge is 0.408 e. The lowest BCUT2D eigenvalue weighted by Gasteiger charge is -2.27. The fourth-order valence-electron chi connectivity index (χ4n) is 1.36. The molecule has 0 unspecified atom stereocenters. The van der Waals surface area contributed by atoms with Gasteiger partial charge in [0.1, 0.15) is 5.60 Å². The third kappa shape index (κ3) is 6.78. The average molecular weight is 282 g/mol. The van der Waals surface area contributed by atoms with E-state index in [9.17, 15) is 9.59 Å². The highest BCUT2D eigenvalue weighted by molar-refractivity contribution is 5.87. The molecule has 6 heteroatoms.